The zero-order chi connectivity index (χ0) is 10.8. The van der Waals surface area contributed by atoms with Crippen molar-refractivity contribution in [3.63, 3.8) is 0 Å². The van der Waals surface area contributed by atoms with E-state index in [-0.39, 0.29) is 6.61 Å². The monoisotopic (exact) mass is 202 g/mol. The lowest BCUT2D eigenvalue weighted by Gasteiger charge is -2.08. The highest BCUT2D eigenvalue weighted by atomic mass is 16.3. The molecule has 1 unspecified atom stereocenters. The van der Waals surface area contributed by atoms with Gasteiger partial charge in [0.05, 0.1) is 12.7 Å². The lowest BCUT2D eigenvalue weighted by atomic mass is 10.0. The Morgan fingerprint density at radius 1 is 1.20 bits per heavy atom. The smallest absolute Gasteiger partial charge is 0.0762 e. The molecule has 2 heteroatoms. The molecule has 0 bridgehead atoms. The fraction of sp³-hybridized carbons (Fsp3) is 0.231. The average molecular weight is 202 g/mol. The first-order valence-electron chi connectivity index (χ1n) is 5.03. The minimum Gasteiger partial charge on any atom is -0.392 e. The molecule has 0 aliphatic rings. The molecule has 0 aromatic heterocycles. The van der Waals surface area contributed by atoms with Crippen LogP contribution in [0.2, 0.25) is 0 Å². The van der Waals surface area contributed by atoms with Crippen LogP contribution in [0.4, 0.5) is 0 Å². The number of hydrogen-bond acceptors (Lipinski definition) is 2. The number of aliphatic hydroxyl groups is 2. The van der Waals surface area contributed by atoms with Gasteiger partial charge in [-0.15, -0.1) is 0 Å². The quantitative estimate of drug-likeness (QED) is 0.785. The molecule has 0 spiro atoms. The first-order chi connectivity index (χ1) is 7.22. The molecule has 0 saturated carbocycles. The summed E-state index contributed by atoms with van der Waals surface area (Å²) >= 11 is 0. The van der Waals surface area contributed by atoms with Gasteiger partial charge >= 0.3 is 0 Å². The van der Waals surface area contributed by atoms with Crippen molar-refractivity contribution in [3.05, 3.63) is 47.5 Å². The van der Waals surface area contributed by atoms with Crippen molar-refractivity contribution in [1.29, 1.82) is 0 Å². The summed E-state index contributed by atoms with van der Waals surface area (Å²) in [6.07, 6.45) is -0.452. The fourth-order valence-electron chi connectivity index (χ4n) is 1.77. The van der Waals surface area contributed by atoms with Crippen LogP contribution in [-0.2, 0) is 6.61 Å². The molecule has 0 heterocycles. The van der Waals surface area contributed by atoms with E-state index in [0.29, 0.717) is 0 Å². The summed E-state index contributed by atoms with van der Waals surface area (Å²) in [6, 6.07) is 11.6. The predicted molar refractivity (Wildman–Crippen MR) is 60.5 cm³/mol. The maximum absolute atomic E-state index is 9.46. The molecular weight excluding hydrogens is 188 g/mol. The highest BCUT2D eigenvalue weighted by Crippen LogP contribution is 2.23. The van der Waals surface area contributed by atoms with Gasteiger partial charge in [-0.05, 0) is 34.9 Å². The Morgan fingerprint density at radius 2 is 2.00 bits per heavy atom. The molecule has 15 heavy (non-hydrogen) atoms. The van der Waals surface area contributed by atoms with Crippen LogP contribution in [0, 0.1) is 0 Å². The highest BCUT2D eigenvalue weighted by Gasteiger charge is 2.04. The van der Waals surface area contributed by atoms with Crippen LogP contribution in [0.5, 0.6) is 0 Å². The second kappa shape index (κ2) is 4.01. The molecule has 0 radical (unpaired) electrons. The number of benzene rings is 2. The zero-order valence-corrected chi connectivity index (χ0v) is 8.64. The van der Waals surface area contributed by atoms with Gasteiger partial charge in [0.25, 0.3) is 0 Å². The Bertz CT molecular complexity index is 475. The van der Waals surface area contributed by atoms with Crippen molar-refractivity contribution in [1.82, 2.24) is 0 Å². The van der Waals surface area contributed by atoms with E-state index in [1.54, 1.807) is 6.92 Å². The number of fused-ring (bicyclic) bond motifs is 1. The lowest BCUT2D eigenvalue weighted by molar-refractivity contribution is 0.199. The molecule has 2 aromatic carbocycles. The van der Waals surface area contributed by atoms with Gasteiger partial charge in [-0.2, -0.15) is 0 Å². The Balaban J connectivity index is 2.63. The summed E-state index contributed by atoms with van der Waals surface area (Å²) in [7, 11) is 0. The van der Waals surface area contributed by atoms with Crippen LogP contribution < -0.4 is 0 Å². The summed E-state index contributed by atoms with van der Waals surface area (Å²) in [5, 5.41) is 20.7. The highest BCUT2D eigenvalue weighted by molar-refractivity contribution is 5.86. The van der Waals surface area contributed by atoms with Crippen molar-refractivity contribution in [2.75, 3.05) is 0 Å². The zero-order valence-electron chi connectivity index (χ0n) is 8.64. The largest absolute Gasteiger partial charge is 0.392 e. The van der Waals surface area contributed by atoms with Crippen molar-refractivity contribution in [2.24, 2.45) is 0 Å². The van der Waals surface area contributed by atoms with Crippen LogP contribution in [0.15, 0.2) is 36.4 Å². The maximum atomic E-state index is 9.46. The third-order valence-corrected chi connectivity index (χ3v) is 2.65. The van der Waals surface area contributed by atoms with Gasteiger partial charge in [0.1, 0.15) is 0 Å². The molecule has 1 atom stereocenters. The van der Waals surface area contributed by atoms with Gasteiger partial charge in [-0.25, -0.2) is 0 Å². The van der Waals surface area contributed by atoms with Crippen LogP contribution >= 0.6 is 0 Å². The van der Waals surface area contributed by atoms with Crippen molar-refractivity contribution < 1.29 is 10.2 Å². The van der Waals surface area contributed by atoms with Crippen LogP contribution in [-0.4, -0.2) is 10.2 Å². The van der Waals surface area contributed by atoms with Gasteiger partial charge < -0.3 is 10.2 Å². The summed E-state index contributed by atoms with van der Waals surface area (Å²) in [5.74, 6) is 0. The van der Waals surface area contributed by atoms with Gasteiger partial charge in [0.15, 0.2) is 0 Å². The van der Waals surface area contributed by atoms with Crippen molar-refractivity contribution in [2.45, 2.75) is 19.6 Å². The van der Waals surface area contributed by atoms with E-state index < -0.39 is 6.10 Å². The lowest BCUT2D eigenvalue weighted by Crippen LogP contribution is -1.92. The molecule has 0 amide bonds. The first kappa shape index (κ1) is 10.1. The normalized spacial score (nSPS) is 13.0. The SMILES string of the molecule is CC(O)c1ccc2c(CO)cccc2c1. The molecule has 0 aliphatic carbocycles. The van der Waals surface area contributed by atoms with Crippen molar-refractivity contribution in [3.8, 4) is 0 Å². The Kier molecular flexibility index (Phi) is 2.71. The average Bonchev–Trinajstić information content (AvgIpc) is 2.27. The van der Waals surface area contributed by atoms with Gasteiger partial charge in [-0.1, -0.05) is 30.3 Å². The van der Waals surface area contributed by atoms with E-state index >= 15 is 0 Å². The number of aliphatic hydroxyl groups excluding tert-OH is 2. The molecule has 0 saturated heterocycles. The Hall–Kier alpha value is -1.38. The second-order valence-electron chi connectivity index (χ2n) is 3.73. The van der Waals surface area contributed by atoms with Gasteiger partial charge in [0.2, 0.25) is 0 Å². The molecule has 0 aliphatic heterocycles. The summed E-state index contributed by atoms with van der Waals surface area (Å²) in [4.78, 5) is 0. The topological polar surface area (TPSA) is 40.5 Å². The predicted octanol–water partition coefficient (Wildman–Crippen LogP) is 2.39. The maximum Gasteiger partial charge on any atom is 0.0762 e. The molecule has 0 fully saturated rings. The van der Waals surface area contributed by atoms with Crippen LogP contribution in [0.25, 0.3) is 10.8 Å². The molecule has 78 valence electrons. The number of rotatable bonds is 2. The standard InChI is InChI=1S/C13H14O2/c1-9(15)10-5-6-13-11(7-10)3-2-4-12(13)8-14/h2-7,9,14-15H,8H2,1H3. The minimum absolute atomic E-state index is 0.0470. The molecular formula is C13H14O2. The summed E-state index contributed by atoms with van der Waals surface area (Å²) in [6.45, 7) is 1.79. The van der Waals surface area contributed by atoms with E-state index in [9.17, 15) is 5.11 Å². The third-order valence-electron chi connectivity index (χ3n) is 2.65. The summed E-state index contributed by atoms with van der Waals surface area (Å²) in [5.41, 5.74) is 1.82. The first-order valence-corrected chi connectivity index (χ1v) is 5.03. The van der Waals surface area contributed by atoms with E-state index in [1.807, 2.05) is 36.4 Å². The van der Waals surface area contributed by atoms with E-state index in [4.69, 9.17) is 5.11 Å². The van der Waals surface area contributed by atoms with Crippen LogP contribution in [0.3, 0.4) is 0 Å². The van der Waals surface area contributed by atoms with Gasteiger partial charge in [-0.3, -0.25) is 0 Å². The third kappa shape index (κ3) is 1.87. The molecule has 2 N–H and O–H groups in total. The fourth-order valence-corrected chi connectivity index (χ4v) is 1.77. The Morgan fingerprint density at radius 3 is 2.67 bits per heavy atom. The van der Waals surface area contributed by atoms with E-state index in [1.165, 1.54) is 0 Å². The Labute approximate surface area is 88.8 Å². The van der Waals surface area contributed by atoms with Crippen LogP contribution in [0.1, 0.15) is 24.2 Å². The van der Waals surface area contributed by atoms with Crippen molar-refractivity contribution >= 4 is 10.8 Å². The van der Waals surface area contributed by atoms with Gasteiger partial charge in [0, 0.05) is 0 Å². The molecule has 2 rings (SSSR count). The van der Waals surface area contributed by atoms with E-state index in [0.717, 1.165) is 21.9 Å². The molecule has 2 aromatic rings. The second-order valence-corrected chi connectivity index (χ2v) is 3.73. The molecule has 2 nitrogen and oxygen atoms in total. The summed E-state index contributed by atoms with van der Waals surface area (Å²) < 4.78 is 0. The minimum atomic E-state index is -0.452. The number of hydrogen-bond donors (Lipinski definition) is 2. The van der Waals surface area contributed by atoms with E-state index in [2.05, 4.69) is 0 Å².